The summed E-state index contributed by atoms with van der Waals surface area (Å²) >= 11 is 0. The summed E-state index contributed by atoms with van der Waals surface area (Å²) < 4.78 is 33.7. The Morgan fingerprint density at radius 1 is 1.04 bits per heavy atom. The Labute approximate surface area is 144 Å². The molecule has 130 valence electrons. The molecule has 0 aliphatic heterocycles. The third-order valence-electron chi connectivity index (χ3n) is 3.28. The van der Waals surface area contributed by atoms with Gasteiger partial charge in [-0.05, 0) is 50.6 Å². The van der Waals surface area contributed by atoms with E-state index in [1.807, 2.05) is 39.0 Å². The molecule has 2 aromatic carbocycles. The van der Waals surface area contributed by atoms with E-state index in [0.29, 0.717) is 5.95 Å². The van der Waals surface area contributed by atoms with Gasteiger partial charge in [-0.15, -0.1) is 5.10 Å². The van der Waals surface area contributed by atoms with Crippen molar-refractivity contribution in [2.24, 2.45) is 0 Å². The van der Waals surface area contributed by atoms with Gasteiger partial charge in [-0.25, -0.2) is 13.5 Å². The average Bonchev–Trinajstić information content (AvgIpc) is 2.93. The molecule has 25 heavy (non-hydrogen) atoms. The molecule has 1 N–H and O–H groups in total. The fourth-order valence-electron chi connectivity index (χ4n) is 2.41. The molecule has 0 bridgehead atoms. The predicted octanol–water partition coefficient (Wildman–Crippen LogP) is 4.38. The molecule has 1 heterocycles. The van der Waals surface area contributed by atoms with Gasteiger partial charge in [0, 0.05) is 17.8 Å². The van der Waals surface area contributed by atoms with Crippen LogP contribution in [-0.4, -0.2) is 20.9 Å². The molecule has 3 aromatic rings. The van der Waals surface area contributed by atoms with Crippen LogP contribution < -0.4 is 10.1 Å². The van der Waals surface area contributed by atoms with Crippen molar-refractivity contribution in [2.75, 3.05) is 5.32 Å². The molecule has 1 aromatic heterocycles. The maximum Gasteiger partial charge on any atom is 0.246 e. The number of nitrogens with one attached hydrogen (secondary N) is 1. The highest BCUT2D eigenvalue weighted by Gasteiger charge is 2.08. The van der Waals surface area contributed by atoms with Crippen LogP contribution >= 0.6 is 0 Å². The van der Waals surface area contributed by atoms with Crippen molar-refractivity contribution in [2.45, 2.75) is 26.9 Å². The second kappa shape index (κ2) is 6.88. The third kappa shape index (κ3) is 4.32. The average molecular weight is 344 g/mol. The highest BCUT2D eigenvalue weighted by Crippen LogP contribution is 2.24. The lowest BCUT2D eigenvalue weighted by molar-refractivity contribution is 0.242. The van der Waals surface area contributed by atoms with E-state index >= 15 is 0 Å². The Morgan fingerprint density at radius 3 is 2.44 bits per heavy atom. The maximum absolute atomic E-state index is 13.3. The number of nitrogens with zero attached hydrogens (tertiary/aromatic N) is 3. The van der Waals surface area contributed by atoms with Gasteiger partial charge < -0.3 is 10.1 Å². The number of halogens is 2. The molecule has 0 unspecified atom stereocenters. The van der Waals surface area contributed by atoms with Gasteiger partial charge in [0.05, 0.1) is 11.8 Å². The molecule has 0 spiro atoms. The van der Waals surface area contributed by atoms with Crippen LogP contribution in [0.4, 0.5) is 20.4 Å². The summed E-state index contributed by atoms with van der Waals surface area (Å²) in [5.41, 5.74) is 2.04. The monoisotopic (exact) mass is 344 g/mol. The Balaban J connectivity index is 1.83. The number of hydrogen-bond donors (Lipinski definition) is 1. The van der Waals surface area contributed by atoms with Crippen molar-refractivity contribution in [3.63, 3.8) is 0 Å². The van der Waals surface area contributed by atoms with Crippen molar-refractivity contribution in [1.82, 2.24) is 14.8 Å². The molecule has 0 radical (unpaired) electrons. The van der Waals surface area contributed by atoms with E-state index in [4.69, 9.17) is 4.74 Å². The van der Waals surface area contributed by atoms with Crippen LogP contribution in [0.1, 0.15) is 19.4 Å². The second-order valence-corrected chi connectivity index (χ2v) is 5.97. The molecule has 0 fully saturated rings. The van der Waals surface area contributed by atoms with Crippen molar-refractivity contribution in [1.29, 1.82) is 0 Å². The smallest absolute Gasteiger partial charge is 0.246 e. The van der Waals surface area contributed by atoms with Crippen molar-refractivity contribution in [3.05, 3.63) is 59.9 Å². The van der Waals surface area contributed by atoms with E-state index in [2.05, 4.69) is 15.4 Å². The SMILES string of the molecule is Cc1cc(Nc2ncn(-c3cc(F)cc(F)c3)n2)cc(OC(C)C)c1. The van der Waals surface area contributed by atoms with E-state index in [9.17, 15) is 8.78 Å². The molecule has 0 atom stereocenters. The molecule has 0 saturated carbocycles. The van der Waals surface area contributed by atoms with Crippen LogP contribution in [-0.2, 0) is 0 Å². The van der Waals surface area contributed by atoms with Gasteiger partial charge in [0.1, 0.15) is 23.7 Å². The fraction of sp³-hybridized carbons (Fsp3) is 0.222. The van der Waals surface area contributed by atoms with E-state index in [1.54, 1.807) is 0 Å². The van der Waals surface area contributed by atoms with Crippen molar-refractivity contribution in [3.8, 4) is 11.4 Å². The fourth-order valence-corrected chi connectivity index (χ4v) is 2.41. The molecule has 0 saturated heterocycles. The molecule has 5 nitrogen and oxygen atoms in total. The van der Waals surface area contributed by atoms with E-state index < -0.39 is 11.6 Å². The van der Waals surface area contributed by atoms with Crippen LogP contribution in [0.25, 0.3) is 5.69 Å². The summed E-state index contributed by atoms with van der Waals surface area (Å²) in [7, 11) is 0. The van der Waals surface area contributed by atoms with Gasteiger partial charge in [-0.2, -0.15) is 4.98 Å². The number of hydrogen-bond acceptors (Lipinski definition) is 4. The normalized spacial score (nSPS) is 11.0. The second-order valence-electron chi connectivity index (χ2n) is 5.97. The minimum absolute atomic E-state index is 0.0647. The van der Waals surface area contributed by atoms with Gasteiger partial charge in [0.15, 0.2) is 0 Å². The molecular weight excluding hydrogens is 326 g/mol. The molecule has 7 heteroatoms. The summed E-state index contributed by atoms with van der Waals surface area (Å²) in [6.45, 7) is 5.87. The topological polar surface area (TPSA) is 52.0 Å². The zero-order valence-corrected chi connectivity index (χ0v) is 14.1. The summed E-state index contributed by atoms with van der Waals surface area (Å²) in [6.07, 6.45) is 1.45. The Bertz CT molecular complexity index is 872. The first-order chi connectivity index (χ1) is 11.9. The largest absolute Gasteiger partial charge is 0.491 e. The first-order valence-corrected chi connectivity index (χ1v) is 7.82. The van der Waals surface area contributed by atoms with Crippen LogP contribution in [0.3, 0.4) is 0 Å². The van der Waals surface area contributed by atoms with Crippen LogP contribution in [0, 0.1) is 18.6 Å². The van der Waals surface area contributed by atoms with Crippen LogP contribution in [0.2, 0.25) is 0 Å². The number of benzene rings is 2. The predicted molar refractivity (Wildman–Crippen MR) is 91.5 cm³/mol. The Hall–Kier alpha value is -2.96. The third-order valence-corrected chi connectivity index (χ3v) is 3.28. The minimum Gasteiger partial charge on any atom is -0.491 e. The van der Waals surface area contributed by atoms with Crippen LogP contribution in [0.15, 0.2) is 42.7 Å². The molecule has 0 aliphatic rings. The summed E-state index contributed by atoms with van der Waals surface area (Å²) in [6, 6.07) is 8.88. The summed E-state index contributed by atoms with van der Waals surface area (Å²) in [5, 5.41) is 7.27. The number of rotatable bonds is 5. The molecule has 3 rings (SSSR count). The molecular formula is C18H18F2N4O. The number of ether oxygens (including phenoxy) is 1. The zero-order chi connectivity index (χ0) is 18.0. The van der Waals surface area contributed by atoms with Crippen molar-refractivity contribution >= 4 is 11.6 Å². The van der Waals surface area contributed by atoms with Gasteiger partial charge in [0.2, 0.25) is 5.95 Å². The Kier molecular flexibility index (Phi) is 4.65. The number of aryl methyl sites for hydroxylation is 1. The summed E-state index contributed by atoms with van der Waals surface area (Å²) in [4.78, 5) is 4.12. The van der Waals surface area contributed by atoms with Gasteiger partial charge in [0.25, 0.3) is 0 Å². The standard InChI is InChI=1S/C18H18F2N4O/c1-11(2)25-17-5-12(3)4-15(9-17)22-18-21-10-24(23-18)16-7-13(19)6-14(20)8-16/h4-11H,1-3H3,(H,22,23). The van der Waals surface area contributed by atoms with Crippen LogP contribution in [0.5, 0.6) is 5.75 Å². The lowest BCUT2D eigenvalue weighted by Crippen LogP contribution is -2.06. The van der Waals surface area contributed by atoms with Gasteiger partial charge in [-0.1, -0.05) is 0 Å². The summed E-state index contributed by atoms with van der Waals surface area (Å²) in [5.74, 6) is -0.293. The zero-order valence-electron chi connectivity index (χ0n) is 14.1. The molecule has 0 amide bonds. The van der Waals surface area contributed by atoms with Gasteiger partial charge in [-0.3, -0.25) is 0 Å². The highest BCUT2D eigenvalue weighted by atomic mass is 19.1. The quantitative estimate of drug-likeness (QED) is 0.746. The molecule has 0 aliphatic carbocycles. The maximum atomic E-state index is 13.3. The first kappa shape index (κ1) is 16.9. The van der Waals surface area contributed by atoms with E-state index in [0.717, 1.165) is 23.1 Å². The lowest BCUT2D eigenvalue weighted by Gasteiger charge is -2.12. The minimum atomic E-state index is -0.672. The lowest BCUT2D eigenvalue weighted by atomic mass is 10.2. The first-order valence-electron chi connectivity index (χ1n) is 7.82. The number of aromatic nitrogens is 3. The Morgan fingerprint density at radius 2 is 1.76 bits per heavy atom. The number of anilines is 2. The van der Waals surface area contributed by atoms with E-state index in [1.165, 1.54) is 23.1 Å². The van der Waals surface area contributed by atoms with Crippen molar-refractivity contribution < 1.29 is 13.5 Å². The highest BCUT2D eigenvalue weighted by molar-refractivity contribution is 5.57. The van der Waals surface area contributed by atoms with E-state index in [-0.39, 0.29) is 11.8 Å². The van der Waals surface area contributed by atoms with Gasteiger partial charge >= 0.3 is 0 Å².